The van der Waals surface area contributed by atoms with Crippen LogP contribution in [0.5, 0.6) is 0 Å². The second-order valence-corrected chi connectivity index (χ2v) is 7.71. The van der Waals surface area contributed by atoms with E-state index in [2.05, 4.69) is 10.1 Å². The zero-order valence-electron chi connectivity index (χ0n) is 13.6. The minimum Gasteiger partial charge on any atom is -0.465 e. The molecule has 0 radical (unpaired) electrons. The van der Waals surface area contributed by atoms with Crippen molar-refractivity contribution in [3.8, 4) is 0 Å². The number of anilines is 1. The van der Waals surface area contributed by atoms with Crippen molar-refractivity contribution in [2.24, 2.45) is 0 Å². The molecule has 0 aliphatic rings. The molecule has 132 valence electrons. The van der Waals surface area contributed by atoms with Crippen LogP contribution in [0.2, 0.25) is 5.02 Å². The molecular weight excluding hydrogens is 366 g/mol. The van der Waals surface area contributed by atoms with Crippen LogP contribution in [-0.2, 0) is 19.4 Å². The molecule has 6 nitrogen and oxygen atoms in total. The smallest absolute Gasteiger partial charge is 0.337 e. The van der Waals surface area contributed by atoms with Gasteiger partial charge in [0.15, 0.2) is 9.84 Å². The standard InChI is InChI=1S/C17H16ClNO5S/c1-11-3-4-12(17(21)24-2)9-15(11)19-16(20)10-25(22,23)14-7-5-13(18)6-8-14/h3-9H,10H2,1-2H3,(H,19,20). The van der Waals surface area contributed by atoms with Crippen molar-refractivity contribution in [1.29, 1.82) is 0 Å². The number of hydrogen-bond donors (Lipinski definition) is 1. The van der Waals surface area contributed by atoms with E-state index in [1.54, 1.807) is 19.1 Å². The van der Waals surface area contributed by atoms with Crippen LogP contribution in [0.15, 0.2) is 47.4 Å². The first kappa shape index (κ1) is 19.0. The number of carbonyl (C=O) groups excluding carboxylic acids is 2. The molecule has 1 amide bonds. The van der Waals surface area contributed by atoms with Gasteiger partial charge in [0.1, 0.15) is 5.75 Å². The number of hydrogen-bond acceptors (Lipinski definition) is 5. The summed E-state index contributed by atoms with van der Waals surface area (Å²) in [7, 11) is -2.55. The van der Waals surface area contributed by atoms with E-state index in [-0.39, 0.29) is 10.5 Å². The average molecular weight is 382 g/mol. The van der Waals surface area contributed by atoms with Crippen LogP contribution in [0.25, 0.3) is 0 Å². The predicted octanol–water partition coefficient (Wildman–Crippen LogP) is 2.85. The quantitative estimate of drug-likeness (QED) is 0.804. The molecule has 2 rings (SSSR count). The minimum absolute atomic E-state index is 0.00656. The summed E-state index contributed by atoms with van der Waals surface area (Å²) in [4.78, 5) is 23.7. The van der Waals surface area contributed by atoms with Gasteiger partial charge < -0.3 is 10.1 Å². The van der Waals surface area contributed by atoms with E-state index in [0.29, 0.717) is 16.3 Å². The minimum atomic E-state index is -3.80. The number of amides is 1. The molecule has 0 aliphatic carbocycles. The van der Waals surface area contributed by atoms with E-state index in [9.17, 15) is 18.0 Å². The highest BCUT2D eigenvalue weighted by Gasteiger charge is 2.20. The Morgan fingerprint density at radius 2 is 1.76 bits per heavy atom. The lowest BCUT2D eigenvalue weighted by molar-refractivity contribution is -0.113. The van der Waals surface area contributed by atoms with Gasteiger partial charge in [-0.1, -0.05) is 17.7 Å². The Balaban J connectivity index is 2.17. The number of methoxy groups -OCH3 is 1. The van der Waals surface area contributed by atoms with Crippen LogP contribution in [-0.4, -0.2) is 33.2 Å². The average Bonchev–Trinajstić information content (AvgIpc) is 2.56. The van der Waals surface area contributed by atoms with Gasteiger partial charge in [-0.2, -0.15) is 0 Å². The summed E-state index contributed by atoms with van der Waals surface area (Å²) in [5.74, 6) is -1.99. The summed E-state index contributed by atoms with van der Waals surface area (Å²) >= 11 is 5.73. The van der Waals surface area contributed by atoms with E-state index in [4.69, 9.17) is 11.6 Å². The normalized spacial score (nSPS) is 11.0. The first-order valence-electron chi connectivity index (χ1n) is 7.20. The summed E-state index contributed by atoms with van der Waals surface area (Å²) in [6, 6.07) is 10.2. The Bertz CT molecular complexity index is 907. The lowest BCUT2D eigenvalue weighted by Crippen LogP contribution is -2.23. The van der Waals surface area contributed by atoms with Gasteiger partial charge in [-0.25, -0.2) is 13.2 Å². The molecule has 1 N–H and O–H groups in total. The number of ether oxygens (including phenoxy) is 1. The van der Waals surface area contributed by atoms with Gasteiger partial charge in [-0.15, -0.1) is 0 Å². The van der Waals surface area contributed by atoms with Crippen molar-refractivity contribution in [2.75, 3.05) is 18.2 Å². The third-order valence-corrected chi connectivity index (χ3v) is 5.31. The number of sulfone groups is 1. The van der Waals surface area contributed by atoms with E-state index in [0.717, 1.165) is 0 Å². The molecule has 2 aromatic carbocycles. The molecule has 8 heteroatoms. The van der Waals surface area contributed by atoms with Crippen molar-refractivity contribution < 1.29 is 22.7 Å². The Morgan fingerprint density at radius 1 is 1.12 bits per heavy atom. The largest absolute Gasteiger partial charge is 0.465 e. The number of halogens is 1. The predicted molar refractivity (Wildman–Crippen MR) is 94.7 cm³/mol. The summed E-state index contributed by atoms with van der Waals surface area (Å²) in [5.41, 5.74) is 1.29. The zero-order valence-corrected chi connectivity index (χ0v) is 15.1. The maximum atomic E-state index is 12.3. The molecular formula is C17H16ClNO5S. The van der Waals surface area contributed by atoms with Crippen molar-refractivity contribution in [1.82, 2.24) is 0 Å². The number of esters is 1. The molecule has 0 saturated carbocycles. The lowest BCUT2D eigenvalue weighted by atomic mass is 10.1. The van der Waals surface area contributed by atoms with Crippen molar-refractivity contribution in [3.05, 3.63) is 58.6 Å². The molecule has 2 aromatic rings. The highest BCUT2D eigenvalue weighted by molar-refractivity contribution is 7.92. The summed E-state index contributed by atoms with van der Waals surface area (Å²) in [6.07, 6.45) is 0. The molecule has 0 fully saturated rings. The monoisotopic (exact) mass is 381 g/mol. The van der Waals surface area contributed by atoms with E-state index >= 15 is 0 Å². The van der Waals surface area contributed by atoms with Gasteiger partial charge in [0.25, 0.3) is 0 Å². The third-order valence-electron chi connectivity index (χ3n) is 3.43. The van der Waals surface area contributed by atoms with E-state index < -0.39 is 27.5 Å². The van der Waals surface area contributed by atoms with Gasteiger partial charge in [0, 0.05) is 10.7 Å². The number of carbonyl (C=O) groups is 2. The first-order chi connectivity index (χ1) is 11.7. The topological polar surface area (TPSA) is 89.5 Å². The molecule has 0 bridgehead atoms. The van der Waals surface area contributed by atoms with E-state index in [1.807, 2.05) is 0 Å². The van der Waals surface area contributed by atoms with Gasteiger partial charge >= 0.3 is 5.97 Å². The van der Waals surface area contributed by atoms with Crippen molar-refractivity contribution >= 4 is 39.0 Å². The molecule has 25 heavy (non-hydrogen) atoms. The maximum Gasteiger partial charge on any atom is 0.337 e. The SMILES string of the molecule is COC(=O)c1ccc(C)c(NC(=O)CS(=O)(=O)c2ccc(Cl)cc2)c1. The number of benzene rings is 2. The second kappa shape index (κ2) is 7.67. The summed E-state index contributed by atoms with van der Waals surface area (Å²) < 4.78 is 29.2. The summed E-state index contributed by atoms with van der Waals surface area (Å²) in [6.45, 7) is 1.73. The first-order valence-corrected chi connectivity index (χ1v) is 9.23. The Morgan fingerprint density at radius 3 is 2.36 bits per heavy atom. The van der Waals surface area contributed by atoms with Gasteiger partial charge in [-0.3, -0.25) is 4.79 Å². The molecule has 0 aliphatic heterocycles. The highest BCUT2D eigenvalue weighted by Crippen LogP contribution is 2.19. The van der Waals surface area contributed by atoms with Crippen LogP contribution in [0.3, 0.4) is 0 Å². The fourth-order valence-electron chi connectivity index (χ4n) is 2.09. The van der Waals surface area contributed by atoms with E-state index in [1.165, 1.54) is 37.4 Å². The third kappa shape index (κ3) is 4.80. The molecule has 0 unspecified atom stereocenters. The number of nitrogens with one attached hydrogen (secondary N) is 1. The molecule has 0 spiro atoms. The Labute approximate surface area is 150 Å². The fraction of sp³-hybridized carbons (Fsp3) is 0.176. The lowest BCUT2D eigenvalue weighted by Gasteiger charge is -2.10. The van der Waals surface area contributed by atoms with Crippen LogP contribution < -0.4 is 5.32 Å². The number of rotatable bonds is 5. The second-order valence-electron chi connectivity index (χ2n) is 5.28. The van der Waals surface area contributed by atoms with Gasteiger partial charge in [-0.05, 0) is 48.9 Å². The van der Waals surface area contributed by atoms with Crippen molar-refractivity contribution in [2.45, 2.75) is 11.8 Å². The van der Waals surface area contributed by atoms with Crippen LogP contribution >= 0.6 is 11.6 Å². The van der Waals surface area contributed by atoms with Gasteiger partial charge in [0.2, 0.25) is 5.91 Å². The van der Waals surface area contributed by atoms with Crippen molar-refractivity contribution in [3.63, 3.8) is 0 Å². The molecule has 0 saturated heterocycles. The number of aryl methyl sites for hydroxylation is 1. The van der Waals surface area contributed by atoms with Crippen LogP contribution in [0, 0.1) is 6.92 Å². The molecule has 0 aromatic heterocycles. The molecule has 0 heterocycles. The van der Waals surface area contributed by atoms with Crippen LogP contribution in [0.1, 0.15) is 15.9 Å². The fourth-order valence-corrected chi connectivity index (χ4v) is 3.35. The Kier molecular flexibility index (Phi) is 5.81. The van der Waals surface area contributed by atoms with Gasteiger partial charge in [0.05, 0.1) is 17.6 Å². The maximum absolute atomic E-state index is 12.3. The highest BCUT2D eigenvalue weighted by atomic mass is 35.5. The zero-order chi connectivity index (χ0) is 18.6. The van der Waals surface area contributed by atoms with Crippen LogP contribution in [0.4, 0.5) is 5.69 Å². The molecule has 0 atom stereocenters. The summed E-state index contributed by atoms with van der Waals surface area (Å²) in [5, 5.41) is 2.92. The Hall–Kier alpha value is -2.38.